The van der Waals surface area contributed by atoms with Crippen LogP contribution >= 0.6 is 0 Å². The molecule has 2 rings (SSSR count). The van der Waals surface area contributed by atoms with Gasteiger partial charge in [-0.05, 0) is 11.6 Å². The van der Waals surface area contributed by atoms with E-state index in [1.807, 2.05) is 5.01 Å². The van der Waals surface area contributed by atoms with Crippen LogP contribution < -0.4 is 5.32 Å². The van der Waals surface area contributed by atoms with Gasteiger partial charge in [-0.25, -0.2) is 5.01 Å². The van der Waals surface area contributed by atoms with Crippen molar-refractivity contribution in [3.63, 3.8) is 0 Å². The summed E-state index contributed by atoms with van der Waals surface area (Å²) in [4.78, 5) is 27.1. The van der Waals surface area contributed by atoms with E-state index < -0.39 is 12.0 Å². The standard InChI is InChI=1S/C13H18N4O3/c1-10(18)17(16-6-5-15-9-16)12(7-13(19)20)11-3-2-4-14-8-11/h2-4,8,12,15H,5-7,9H2,1H3,(H,19,20)/t12-/m0/s1. The Labute approximate surface area is 117 Å². The lowest BCUT2D eigenvalue weighted by molar-refractivity contribution is -0.155. The molecule has 0 unspecified atom stereocenters. The number of aromatic nitrogens is 1. The van der Waals surface area contributed by atoms with Gasteiger partial charge in [-0.15, -0.1) is 0 Å². The van der Waals surface area contributed by atoms with Crippen LogP contribution in [0.2, 0.25) is 0 Å². The molecular formula is C13H18N4O3. The van der Waals surface area contributed by atoms with Gasteiger partial charge in [0.25, 0.3) is 0 Å². The van der Waals surface area contributed by atoms with Crippen LogP contribution in [0, 0.1) is 0 Å². The summed E-state index contributed by atoms with van der Waals surface area (Å²) in [5.74, 6) is -1.12. The number of carbonyl (C=O) groups excluding carboxylic acids is 1. The highest BCUT2D eigenvalue weighted by atomic mass is 16.4. The number of carbonyl (C=O) groups is 2. The molecule has 0 aliphatic carbocycles. The van der Waals surface area contributed by atoms with E-state index in [2.05, 4.69) is 10.3 Å². The third-order valence-electron chi connectivity index (χ3n) is 3.20. The molecule has 1 aromatic heterocycles. The van der Waals surface area contributed by atoms with Crippen LogP contribution in [0.25, 0.3) is 0 Å². The number of aliphatic carboxylic acids is 1. The highest BCUT2D eigenvalue weighted by Gasteiger charge is 2.31. The van der Waals surface area contributed by atoms with Crippen molar-refractivity contribution in [1.29, 1.82) is 0 Å². The Hall–Kier alpha value is -1.99. The van der Waals surface area contributed by atoms with E-state index in [0.717, 1.165) is 12.1 Å². The van der Waals surface area contributed by atoms with Crippen LogP contribution in [0.3, 0.4) is 0 Å². The first kappa shape index (κ1) is 14.4. The lowest BCUT2D eigenvalue weighted by atomic mass is 10.1. The van der Waals surface area contributed by atoms with Crippen molar-refractivity contribution in [3.8, 4) is 0 Å². The summed E-state index contributed by atoms with van der Waals surface area (Å²) in [5.41, 5.74) is 0.719. The number of hydrazine groups is 1. The van der Waals surface area contributed by atoms with Crippen LogP contribution in [0.4, 0.5) is 0 Å². The summed E-state index contributed by atoms with van der Waals surface area (Å²) in [6, 6.07) is 2.99. The van der Waals surface area contributed by atoms with Crippen molar-refractivity contribution in [3.05, 3.63) is 30.1 Å². The highest BCUT2D eigenvalue weighted by Crippen LogP contribution is 2.26. The molecule has 0 aromatic carbocycles. The van der Waals surface area contributed by atoms with Crippen molar-refractivity contribution >= 4 is 11.9 Å². The number of nitrogens with zero attached hydrogens (tertiary/aromatic N) is 3. The fourth-order valence-electron chi connectivity index (χ4n) is 2.38. The van der Waals surface area contributed by atoms with Gasteiger partial charge < -0.3 is 10.4 Å². The normalized spacial score (nSPS) is 16.9. The molecule has 0 bridgehead atoms. The third kappa shape index (κ3) is 3.31. The van der Waals surface area contributed by atoms with Crippen molar-refractivity contribution in [2.45, 2.75) is 19.4 Å². The van der Waals surface area contributed by atoms with Crippen LogP contribution in [-0.2, 0) is 9.59 Å². The number of carboxylic acid groups (broad SMARTS) is 1. The molecule has 1 saturated heterocycles. The zero-order valence-corrected chi connectivity index (χ0v) is 11.3. The van der Waals surface area contributed by atoms with E-state index in [4.69, 9.17) is 5.11 Å². The number of rotatable bonds is 5. The summed E-state index contributed by atoms with van der Waals surface area (Å²) < 4.78 is 0. The summed E-state index contributed by atoms with van der Waals surface area (Å²) in [6.07, 6.45) is 3.08. The van der Waals surface area contributed by atoms with Gasteiger partial charge in [-0.1, -0.05) is 6.07 Å². The number of hydrogen-bond acceptors (Lipinski definition) is 5. The maximum Gasteiger partial charge on any atom is 0.305 e. The number of carboxylic acids is 1. The van der Waals surface area contributed by atoms with Crippen LogP contribution in [0.15, 0.2) is 24.5 Å². The predicted molar refractivity (Wildman–Crippen MR) is 71.3 cm³/mol. The Balaban J connectivity index is 2.31. The number of nitrogens with one attached hydrogen (secondary N) is 1. The first-order valence-corrected chi connectivity index (χ1v) is 6.46. The smallest absolute Gasteiger partial charge is 0.305 e. The fraction of sp³-hybridized carbons (Fsp3) is 0.462. The molecule has 1 aromatic rings. The molecule has 1 aliphatic heterocycles. The fourth-order valence-corrected chi connectivity index (χ4v) is 2.38. The molecule has 7 nitrogen and oxygen atoms in total. The van der Waals surface area contributed by atoms with Crippen LogP contribution in [-0.4, -0.2) is 51.7 Å². The topological polar surface area (TPSA) is 85.8 Å². The van der Waals surface area contributed by atoms with E-state index in [-0.39, 0.29) is 12.3 Å². The summed E-state index contributed by atoms with van der Waals surface area (Å²) in [5, 5.41) is 15.6. The Morgan fingerprint density at radius 2 is 2.40 bits per heavy atom. The number of hydrogen-bond donors (Lipinski definition) is 2. The average Bonchev–Trinajstić information content (AvgIpc) is 2.92. The van der Waals surface area contributed by atoms with E-state index >= 15 is 0 Å². The van der Waals surface area contributed by atoms with Gasteiger partial charge >= 0.3 is 5.97 Å². The van der Waals surface area contributed by atoms with E-state index in [9.17, 15) is 9.59 Å². The first-order chi connectivity index (χ1) is 9.59. The zero-order valence-electron chi connectivity index (χ0n) is 11.3. The minimum Gasteiger partial charge on any atom is -0.481 e. The van der Waals surface area contributed by atoms with E-state index in [1.54, 1.807) is 24.5 Å². The second-order valence-electron chi connectivity index (χ2n) is 4.65. The summed E-state index contributed by atoms with van der Waals surface area (Å²) in [6.45, 7) is 3.44. The monoisotopic (exact) mass is 278 g/mol. The Kier molecular flexibility index (Phi) is 4.65. The molecule has 20 heavy (non-hydrogen) atoms. The van der Waals surface area contributed by atoms with Crippen LogP contribution in [0.5, 0.6) is 0 Å². The Morgan fingerprint density at radius 1 is 1.60 bits per heavy atom. The quantitative estimate of drug-likeness (QED) is 0.801. The highest BCUT2D eigenvalue weighted by molar-refractivity contribution is 5.75. The van der Waals surface area contributed by atoms with Gasteiger partial charge in [0.1, 0.15) is 0 Å². The maximum atomic E-state index is 12.0. The summed E-state index contributed by atoms with van der Waals surface area (Å²) >= 11 is 0. The molecule has 1 fully saturated rings. The molecule has 7 heteroatoms. The van der Waals surface area contributed by atoms with Gasteiger partial charge in [0, 0.05) is 32.4 Å². The minimum atomic E-state index is -0.947. The molecule has 2 heterocycles. The average molecular weight is 278 g/mol. The molecule has 2 N–H and O–H groups in total. The number of amides is 1. The first-order valence-electron chi connectivity index (χ1n) is 6.46. The van der Waals surface area contributed by atoms with Crippen molar-refractivity contribution < 1.29 is 14.7 Å². The molecular weight excluding hydrogens is 260 g/mol. The lowest BCUT2D eigenvalue weighted by Gasteiger charge is -2.36. The largest absolute Gasteiger partial charge is 0.481 e. The van der Waals surface area contributed by atoms with Gasteiger partial charge in [0.05, 0.1) is 19.1 Å². The Bertz CT molecular complexity index is 474. The molecule has 1 atom stereocenters. The Morgan fingerprint density at radius 3 is 2.90 bits per heavy atom. The minimum absolute atomic E-state index is 0.151. The molecule has 1 amide bonds. The summed E-state index contributed by atoms with van der Waals surface area (Å²) in [7, 11) is 0. The maximum absolute atomic E-state index is 12.0. The lowest BCUT2D eigenvalue weighted by Crippen LogP contribution is -2.47. The van der Waals surface area contributed by atoms with Crippen molar-refractivity contribution in [2.24, 2.45) is 0 Å². The molecule has 0 saturated carbocycles. The van der Waals surface area contributed by atoms with E-state index in [1.165, 1.54) is 11.9 Å². The number of pyridine rings is 1. The van der Waals surface area contributed by atoms with Crippen molar-refractivity contribution in [2.75, 3.05) is 19.8 Å². The van der Waals surface area contributed by atoms with Gasteiger partial charge in [0.2, 0.25) is 5.91 Å². The van der Waals surface area contributed by atoms with Gasteiger partial charge in [-0.3, -0.25) is 19.6 Å². The van der Waals surface area contributed by atoms with Crippen LogP contribution in [0.1, 0.15) is 24.9 Å². The molecule has 0 spiro atoms. The molecule has 1 aliphatic rings. The van der Waals surface area contributed by atoms with Gasteiger partial charge in [0.15, 0.2) is 0 Å². The molecule has 108 valence electrons. The van der Waals surface area contributed by atoms with E-state index in [0.29, 0.717) is 13.2 Å². The second kappa shape index (κ2) is 6.44. The molecule has 0 radical (unpaired) electrons. The predicted octanol–water partition coefficient (Wildman–Crippen LogP) is 0.224. The van der Waals surface area contributed by atoms with Gasteiger partial charge in [-0.2, -0.15) is 0 Å². The third-order valence-corrected chi connectivity index (χ3v) is 3.20. The van der Waals surface area contributed by atoms with Crippen molar-refractivity contribution in [1.82, 2.24) is 20.3 Å². The SMILES string of the molecule is CC(=O)N([C@@H](CC(=O)O)c1cccnc1)N1CCNC1. The second-order valence-corrected chi connectivity index (χ2v) is 4.65. The zero-order chi connectivity index (χ0) is 14.5.